The highest BCUT2D eigenvalue weighted by Crippen LogP contribution is 2.14. The van der Waals surface area contributed by atoms with Gasteiger partial charge in [-0.3, -0.25) is 24.0 Å². The lowest BCUT2D eigenvalue weighted by Crippen LogP contribution is -2.50. The van der Waals surface area contributed by atoms with E-state index >= 15 is 0 Å². The van der Waals surface area contributed by atoms with Gasteiger partial charge in [-0.2, -0.15) is 4.99 Å². The summed E-state index contributed by atoms with van der Waals surface area (Å²) in [4.78, 5) is 62.8. The van der Waals surface area contributed by atoms with Crippen LogP contribution in [0.15, 0.2) is 29.3 Å². The third-order valence-electron chi connectivity index (χ3n) is 3.77. The number of nitrogens with one attached hydrogen (secondary N) is 3. The smallest absolute Gasteiger partial charge is 0.325 e. The molecule has 0 saturated heterocycles. The summed E-state index contributed by atoms with van der Waals surface area (Å²) in [7, 11) is 0. The molecule has 10 nitrogen and oxygen atoms in total. The average Bonchev–Trinajstić information content (AvgIpc) is 2.75. The van der Waals surface area contributed by atoms with Gasteiger partial charge in [-0.1, -0.05) is 23.9 Å². The van der Waals surface area contributed by atoms with E-state index in [-0.39, 0.29) is 30.4 Å². The van der Waals surface area contributed by atoms with Gasteiger partial charge < -0.3 is 20.7 Å². The number of amides is 3. The molecule has 0 spiro atoms. The molecule has 1 rings (SSSR count). The van der Waals surface area contributed by atoms with Crippen molar-refractivity contribution < 1.29 is 28.7 Å². The molecule has 0 aliphatic heterocycles. The summed E-state index contributed by atoms with van der Waals surface area (Å²) in [6, 6.07) is 5.80. The van der Waals surface area contributed by atoms with Crippen molar-refractivity contribution in [3.05, 3.63) is 29.8 Å². The number of carbonyl (C=O) groups is 5. The number of rotatable bonds is 12. The quantitative estimate of drug-likeness (QED) is 0.223. The predicted octanol–water partition coefficient (Wildman–Crippen LogP) is 0.523. The number of aliphatic imine (C=N–C) groups is 1. The Balaban J connectivity index is 2.75. The lowest BCUT2D eigenvalue weighted by Gasteiger charge is -2.18. The van der Waals surface area contributed by atoms with Crippen LogP contribution in [0.5, 0.6) is 0 Å². The molecule has 0 aliphatic carbocycles. The molecule has 0 heterocycles. The second kappa shape index (κ2) is 14.8. The van der Waals surface area contributed by atoms with Crippen LogP contribution in [-0.4, -0.2) is 65.5 Å². The summed E-state index contributed by atoms with van der Waals surface area (Å²) >= 11 is 5.37. The molecule has 0 fully saturated rings. The van der Waals surface area contributed by atoms with Crippen LogP contribution in [-0.2, 0) is 35.1 Å². The number of carbonyl (C=O) groups excluding carboxylic acids is 5. The highest BCUT2D eigenvalue weighted by molar-refractivity contribution is 8.14. The number of nitrogens with zero attached hydrogens (tertiary/aromatic N) is 1. The van der Waals surface area contributed by atoms with Crippen molar-refractivity contribution in [3.8, 4) is 0 Å². The Morgan fingerprint density at radius 1 is 1.09 bits per heavy atom. The van der Waals surface area contributed by atoms with Crippen LogP contribution in [0.25, 0.3) is 0 Å². The van der Waals surface area contributed by atoms with Gasteiger partial charge in [-0.25, -0.2) is 0 Å². The fourth-order valence-corrected chi connectivity index (χ4v) is 2.87. The van der Waals surface area contributed by atoms with E-state index in [1.165, 1.54) is 6.92 Å². The van der Waals surface area contributed by atoms with Crippen molar-refractivity contribution in [2.24, 2.45) is 4.99 Å². The molecule has 32 heavy (non-hydrogen) atoms. The van der Waals surface area contributed by atoms with E-state index in [9.17, 15) is 24.0 Å². The summed E-state index contributed by atoms with van der Waals surface area (Å²) in [5.74, 6) is -2.42. The molecule has 0 bridgehead atoms. The van der Waals surface area contributed by atoms with Gasteiger partial charge in [-0.15, -0.1) is 0 Å². The number of esters is 1. The maximum atomic E-state index is 12.6. The molecule has 3 amide bonds. The predicted molar refractivity (Wildman–Crippen MR) is 123 cm³/mol. The molecule has 3 N–H and O–H groups in total. The molecule has 172 valence electrons. The molecular formula is C20H24N4O6S2. The summed E-state index contributed by atoms with van der Waals surface area (Å²) in [5, 5.41) is 9.34. The zero-order chi connectivity index (χ0) is 23.9. The second-order valence-electron chi connectivity index (χ2n) is 6.27. The van der Waals surface area contributed by atoms with E-state index in [1.807, 2.05) is 0 Å². The first-order valence-corrected chi connectivity index (χ1v) is 10.9. The third kappa shape index (κ3) is 11.3. The van der Waals surface area contributed by atoms with Crippen LogP contribution < -0.4 is 16.0 Å². The highest BCUT2D eigenvalue weighted by atomic mass is 32.2. The van der Waals surface area contributed by atoms with Crippen molar-refractivity contribution in [2.45, 2.75) is 26.3 Å². The van der Waals surface area contributed by atoms with Gasteiger partial charge in [0.2, 0.25) is 17.7 Å². The van der Waals surface area contributed by atoms with Crippen LogP contribution in [0, 0.1) is 0 Å². The molecule has 1 atom stereocenters. The average molecular weight is 481 g/mol. The minimum Gasteiger partial charge on any atom is -0.465 e. The largest absolute Gasteiger partial charge is 0.465 e. The Bertz CT molecular complexity index is 885. The van der Waals surface area contributed by atoms with E-state index in [4.69, 9.17) is 4.74 Å². The number of isothiocyanates is 1. The van der Waals surface area contributed by atoms with E-state index < -0.39 is 36.3 Å². The molecule has 1 unspecified atom stereocenters. The molecule has 12 heteroatoms. The van der Waals surface area contributed by atoms with Gasteiger partial charge in [0.1, 0.15) is 12.6 Å². The van der Waals surface area contributed by atoms with Gasteiger partial charge >= 0.3 is 5.97 Å². The fraction of sp³-hybridized carbons (Fsp3) is 0.400. The molecular weight excluding hydrogens is 456 g/mol. The third-order valence-corrected chi connectivity index (χ3v) is 4.67. The first-order chi connectivity index (χ1) is 15.2. The Morgan fingerprint density at radius 2 is 1.78 bits per heavy atom. The van der Waals surface area contributed by atoms with E-state index in [0.29, 0.717) is 5.69 Å². The van der Waals surface area contributed by atoms with E-state index in [1.54, 1.807) is 31.2 Å². The number of benzene rings is 1. The van der Waals surface area contributed by atoms with Crippen molar-refractivity contribution >= 4 is 63.6 Å². The van der Waals surface area contributed by atoms with Crippen molar-refractivity contribution in [1.29, 1.82) is 0 Å². The van der Waals surface area contributed by atoms with E-state index in [2.05, 4.69) is 38.3 Å². The number of thioether (sulfide) groups is 1. The number of thiocarbonyl (C=S) groups is 1. The SMILES string of the molecule is CCOC(=O)CNC(=O)CNC(=O)C(Cc1ccc(N=C=S)cc1)NC(=O)CSC(C)=O. The molecule has 0 aliphatic rings. The Labute approximate surface area is 194 Å². The first kappa shape index (κ1) is 27.0. The Hall–Kier alpha value is -3.08. The van der Waals surface area contributed by atoms with Gasteiger partial charge in [0.15, 0.2) is 5.12 Å². The van der Waals surface area contributed by atoms with Crippen LogP contribution in [0.2, 0.25) is 0 Å². The first-order valence-electron chi connectivity index (χ1n) is 9.54. The minimum absolute atomic E-state index is 0.133. The van der Waals surface area contributed by atoms with Crippen LogP contribution in [0.3, 0.4) is 0 Å². The lowest BCUT2D eigenvalue weighted by atomic mass is 10.0. The monoisotopic (exact) mass is 480 g/mol. The maximum absolute atomic E-state index is 12.6. The zero-order valence-corrected chi connectivity index (χ0v) is 19.3. The Kier molecular flexibility index (Phi) is 12.5. The highest BCUT2D eigenvalue weighted by Gasteiger charge is 2.22. The van der Waals surface area contributed by atoms with Gasteiger partial charge in [0, 0.05) is 13.3 Å². The van der Waals surface area contributed by atoms with Gasteiger partial charge in [-0.05, 0) is 36.8 Å². The number of ether oxygens (including phenoxy) is 1. The topological polar surface area (TPSA) is 143 Å². The van der Waals surface area contributed by atoms with Crippen LogP contribution in [0.4, 0.5) is 5.69 Å². The lowest BCUT2D eigenvalue weighted by molar-refractivity contribution is -0.143. The zero-order valence-electron chi connectivity index (χ0n) is 17.6. The van der Waals surface area contributed by atoms with Crippen molar-refractivity contribution in [1.82, 2.24) is 16.0 Å². The molecule has 0 radical (unpaired) electrons. The number of hydrogen-bond acceptors (Lipinski definition) is 9. The van der Waals surface area contributed by atoms with Crippen molar-refractivity contribution in [2.75, 3.05) is 25.4 Å². The molecule has 0 saturated carbocycles. The van der Waals surface area contributed by atoms with Crippen LogP contribution in [0.1, 0.15) is 19.4 Å². The fourth-order valence-electron chi connectivity index (χ4n) is 2.34. The van der Waals surface area contributed by atoms with Gasteiger partial charge in [0.25, 0.3) is 0 Å². The Morgan fingerprint density at radius 3 is 2.38 bits per heavy atom. The minimum atomic E-state index is -0.993. The summed E-state index contributed by atoms with van der Waals surface area (Å²) < 4.78 is 4.70. The number of hydrogen-bond donors (Lipinski definition) is 3. The molecule has 0 aromatic heterocycles. The van der Waals surface area contributed by atoms with Gasteiger partial charge in [0.05, 0.1) is 29.8 Å². The second-order valence-corrected chi connectivity index (χ2v) is 7.61. The standard InChI is InChI=1S/C20H24N4O6S2/c1-3-30-19(28)10-21-17(26)9-22-20(29)16(24-18(27)11-32-13(2)25)8-14-4-6-15(7-5-14)23-12-31/h4-7,16H,3,8-11H2,1-2H3,(H,21,26)(H,22,29)(H,24,27). The van der Waals surface area contributed by atoms with Crippen molar-refractivity contribution in [3.63, 3.8) is 0 Å². The summed E-state index contributed by atoms with van der Waals surface area (Å²) in [5.41, 5.74) is 1.31. The molecule has 1 aromatic carbocycles. The maximum Gasteiger partial charge on any atom is 0.325 e. The van der Waals surface area contributed by atoms with E-state index in [0.717, 1.165) is 17.3 Å². The van der Waals surface area contributed by atoms with Crippen LogP contribution >= 0.6 is 24.0 Å². The molecule has 1 aromatic rings. The summed E-state index contributed by atoms with van der Waals surface area (Å²) in [6.07, 6.45) is 0.133. The normalized spacial score (nSPS) is 10.8. The summed E-state index contributed by atoms with van der Waals surface area (Å²) in [6.45, 7) is 2.45.